The van der Waals surface area contributed by atoms with Crippen molar-refractivity contribution < 1.29 is 19.4 Å². The van der Waals surface area contributed by atoms with Crippen molar-refractivity contribution in [3.8, 4) is 17.1 Å². The van der Waals surface area contributed by atoms with Crippen LogP contribution in [0.15, 0.2) is 29.3 Å². The van der Waals surface area contributed by atoms with E-state index >= 15 is 0 Å². The number of hydrogen-bond acceptors (Lipinski definition) is 6. The van der Waals surface area contributed by atoms with E-state index in [1.54, 1.807) is 25.1 Å². The van der Waals surface area contributed by atoms with Gasteiger partial charge in [0.1, 0.15) is 17.6 Å². The Kier molecular flexibility index (Phi) is 4.75. The fourth-order valence-electron chi connectivity index (χ4n) is 3.53. The van der Waals surface area contributed by atoms with Gasteiger partial charge in [-0.25, -0.2) is 14.8 Å². The quantitative estimate of drug-likeness (QED) is 0.591. The van der Waals surface area contributed by atoms with Gasteiger partial charge in [-0.05, 0) is 38.0 Å². The number of ether oxygens (including phenoxy) is 1. The number of nitrogens with one attached hydrogen (secondary N) is 2. The second-order valence-electron chi connectivity index (χ2n) is 6.65. The van der Waals surface area contributed by atoms with Gasteiger partial charge in [0.15, 0.2) is 11.2 Å². The first-order chi connectivity index (χ1) is 14.0. The number of amides is 1. The number of benzene rings is 1. The van der Waals surface area contributed by atoms with Crippen molar-refractivity contribution in [1.29, 1.82) is 0 Å². The van der Waals surface area contributed by atoms with E-state index in [9.17, 15) is 19.5 Å². The molecule has 0 unspecified atom stereocenters. The van der Waals surface area contributed by atoms with Crippen molar-refractivity contribution in [2.24, 2.45) is 0 Å². The lowest BCUT2D eigenvalue weighted by molar-refractivity contribution is -0.141. The average Bonchev–Trinajstić information content (AvgIpc) is 3.37. The maximum Gasteiger partial charge on any atom is 0.326 e. The van der Waals surface area contributed by atoms with Gasteiger partial charge in [0, 0.05) is 12.1 Å². The number of carboxylic acids is 1. The van der Waals surface area contributed by atoms with E-state index in [2.05, 4.69) is 19.9 Å². The zero-order chi connectivity index (χ0) is 20.5. The van der Waals surface area contributed by atoms with Crippen LogP contribution < -0.4 is 10.3 Å². The number of aromatic nitrogens is 4. The van der Waals surface area contributed by atoms with Crippen LogP contribution in [0, 0.1) is 0 Å². The molecule has 29 heavy (non-hydrogen) atoms. The first-order valence-electron chi connectivity index (χ1n) is 9.24. The number of nitrogens with zero attached hydrogens (tertiary/aromatic N) is 3. The summed E-state index contributed by atoms with van der Waals surface area (Å²) in [6.45, 7) is 2.53. The molecule has 10 nitrogen and oxygen atoms in total. The van der Waals surface area contributed by atoms with Gasteiger partial charge < -0.3 is 24.7 Å². The highest BCUT2D eigenvalue weighted by Gasteiger charge is 2.34. The number of carboxylic acid groups (broad SMARTS) is 1. The van der Waals surface area contributed by atoms with Crippen molar-refractivity contribution in [2.45, 2.75) is 25.8 Å². The van der Waals surface area contributed by atoms with Gasteiger partial charge in [0.05, 0.1) is 18.5 Å². The highest BCUT2D eigenvalue weighted by Crippen LogP contribution is 2.30. The Balaban J connectivity index is 1.74. The first kappa shape index (κ1) is 18.7. The number of fused-ring (bicyclic) bond motifs is 1. The lowest BCUT2D eigenvalue weighted by atomic mass is 10.1. The second-order valence-corrected chi connectivity index (χ2v) is 6.65. The van der Waals surface area contributed by atoms with Crippen molar-refractivity contribution in [3.63, 3.8) is 0 Å². The number of aromatic amines is 2. The Morgan fingerprint density at radius 2 is 2.21 bits per heavy atom. The largest absolute Gasteiger partial charge is 0.493 e. The van der Waals surface area contributed by atoms with Crippen LogP contribution in [0.3, 0.4) is 0 Å². The van der Waals surface area contributed by atoms with Crippen molar-refractivity contribution in [1.82, 2.24) is 24.8 Å². The van der Waals surface area contributed by atoms with Crippen LogP contribution in [0.25, 0.3) is 22.6 Å². The molecule has 2 aromatic heterocycles. The molecule has 1 amide bonds. The monoisotopic (exact) mass is 397 g/mol. The minimum atomic E-state index is -1.01. The van der Waals surface area contributed by atoms with Crippen molar-refractivity contribution >= 4 is 23.0 Å². The highest BCUT2D eigenvalue weighted by molar-refractivity contribution is 5.98. The van der Waals surface area contributed by atoms with Crippen LogP contribution in [0.1, 0.15) is 30.1 Å². The van der Waals surface area contributed by atoms with Crippen molar-refractivity contribution in [2.75, 3.05) is 13.2 Å². The molecule has 3 N–H and O–H groups in total. The molecule has 0 aliphatic carbocycles. The van der Waals surface area contributed by atoms with Crippen LogP contribution in [-0.4, -0.2) is 61.0 Å². The van der Waals surface area contributed by atoms with E-state index in [4.69, 9.17) is 4.74 Å². The molecule has 0 bridgehead atoms. The predicted octanol–water partition coefficient (Wildman–Crippen LogP) is 1.40. The zero-order valence-electron chi connectivity index (χ0n) is 15.6. The molecule has 10 heteroatoms. The summed E-state index contributed by atoms with van der Waals surface area (Å²) in [4.78, 5) is 51.6. The van der Waals surface area contributed by atoms with Crippen LogP contribution >= 0.6 is 0 Å². The average molecular weight is 397 g/mol. The number of hydrogen-bond donors (Lipinski definition) is 3. The maximum absolute atomic E-state index is 12.9. The van der Waals surface area contributed by atoms with Crippen LogP contribution in [0.4, 0.5) is 0 Å². The number of carbonyl (C=O) groups is 2. The normalized spacial score (nSPS) is 16.3. The molecule has 3 heterocycles. The third-order valence-electron chi connectivity index (χ3n) is 4.87. The van der Waals surface area contributed by atoms with Gasteiger partial charge in [0.25, 0.3) is 11.5 Å². The van der Waals surface area contributed by atoms with Crippen LogP contribution in [0.2, 0.25) is 0 Å². The first-order valence-corrected chi connectivity index (χ1v) is 9.24. The Morgan fingerprint density at radius 1 is 1.38 bits per heavy atom. The number of aliphatic carboxylic acids is 1. The Morgan fingerprint density at radius 3 is 2.97 bits per heavy atom. The summed E-state index contributed by atoms with van der Waals surface area (Å²) < 4.78 is 5.68. The van der Waals surface area contributed by atoms with E-state index in [1.165, 1.54) is 11.2 Å². The summed E-state index contributed by atoms with van der Waals surface area (Å²) in [6, 6.07) is 3.94. The second kappa shape index (κ2) is 7.38. The Labute approximate surface area is 164 Å². The fourth-order valence-corrected chi connectivity index (χ4v) is 3.53. The summed E-state index contributed by atoms with van der Waals surface area (Å²) in [7, 11) is 0. The van der Waals surface area contributed by atoms with Gasteiger partial charge in [-0.2, -0.15) is 0 Å². The topological polar surface area (TPSA) is 141 Å². The lowest BCUT2D eigenvalue weighted by Crippen LogP contribution is -2.40. The summed E-state index contributed by atoms with van der Waals surface area (Å²) in [5.74, 6) is -0.731. The summed E-state index contributed by atoms with van der Waals surface area (Å²) >= 11 is 0. The highest BCUT2D eigenvalue weighted by atomic mass is 16.5. The molecule has 4 rings (SSSR count). The number of rotatable bonds is 5. The number of H-pyrrole nitrogens is 2. The molecule has 1 saturated heterocycles. The fraction of sp³-hybridized carbons (Fsp3) is 0.316. The molecule has 0 spiro atoms. The molecule has 1 atom stereocenters. The Hall–Kier alpha value is -3.69. The molecule has 0 saturated carbocycles. The standard InChI is InChI=1S/C19H19N5O5/c1-2-29-13-8-10(18(26)24-7-3-4-12(24)19(27)28)5-6-11(13)15-22-16-14(17(25)23-15)20-9-21-16/h5-6,8-9,12H,2-4,7H2,1H3,(H,27,28)(H2,20,21,22,23,25)/t12-/m1/s1. The summed E-state index contributed by atoms with van der Waals surface area (Å²) in [5.41, 5.74) is 0.971. The molecule has 150 valence electrons. The van der Waals surface area contributed by atoms with E-state index in [-0.39, 0.29) is 17.2 Å². The number of likely N-dealkylation sites (tertiary alicyclic amines) is 1. The summed E-state index contributed by atoms with van der Waals surface area (Å²) in [6.07, 6.45) is 2.47. The molecule has 0 radical (unpaired) electrons. The minimum absolute atomic E-state index is 0.201. The zero-order valence-corrected chi connectivity index (χ0v) is 15.6. The van der Waals surface area contributed by atoms with Gasteiger partial charge in [-0.3, -0.25) is 9.59 Å². The lowest BCUT2D eigenvalue weighted by Gasteiger charge is -2.22. The molecule has 3 aromatic rings. The predicted molar refractivity (Wildman–Crippen MR) is 103 cm³/mol. The van der Waals surface area contributed by atoms with E-state index in [1.807, 2.05) is 0 Å². The SMILES string of the molecule is CCOc1cc(C(=O)N2CCC[C@@H]2C(=O)O)ccc1-c1nc2[nH]cnc2c(=O)[nH]1. The maximum atomic E-state index is 12.9. The van der Waals surface area contributed by atoms with E-state index < -0.39 is 17.6 Å². The van der Waals surface area contributed by atoms with Gasteiger partial charge in [-0.1, -0.05) is 0 Å². The van der Waals surface area contributed by atoms with Crippen LogP contribution in [-0.2, 0) is 4.79 Å². The Bertz CT molecular complexity index is 1150. The molecule has 1 fully saturated rings. The molecular weight excluding hydrogens is 378 g/mol. The van der Waals surface area contributed by atoms with Crippen molar-refractivity contribution in [3.05, 3.63) is 40.4 Å². The molecule has 1 aliphatic rings. The van der Waals surface area contributed by atoms with Crippen LogP contribution in [0.5, 0.6) is 5.75 Å². The summed E-state index contributed by atoms with van der Waals surface area (Å²) in [5, 5.41) is 9.34. The number of carbonyl (C=O) groups excluding carboxylic acids is 1. The smallest absolute Gasteiger partial charge is 0.326 e. The molecule has 1 aromatic carbocycles. The third-order valence-corrected chi connectivity index (χ3v) is 4.87. The van der Waals surface area contributed by atoms with E-state index in [0.717, 1.165) is 0 Å². The minimum Gasteiger partial charge on any atom is -0.493 e. The van der Waals surface area contributed by atoms with E-state index in [0.29, 0.717) is 48.5 Å². The molecule has 1 aliphatic heterocycles. The van der Waals surface area contributed by atoms with Gasteiger partial charge >= 0.3 is 5.97 Å². The van der Waals surface area contributed by atoms with Gasteiger partial charge in [0.2, 0.25) is 0 Å². The third kappa shape index (κ3) is 3.33. The van der Waals surface area contributed by atoms with Gasteiger partial charge in [-0.15, -0.1) is 0 Å². The molecular formula is C19H19N5O5. The number of imidazole rings is 1.